The number of hydrogen-bond acceptors (Lipinski definition) is 5. The van der Waals surface area contributed by atoms with Crippen molar-refractivity contribution in [3.05, 3.63) is 34.8 Å². The van der Waals surface area contributed by atoms with Crippen LogP contribution < -0.4 is 21.4 Å². The van der Waals surface area contributed by atoms with Gasteiger partial charge in [0.15, 0.2) is 10.9 Å². The van der Waals surface area contributed by atoms with Gasteiger partial charge in [0.05, 0.1) is 17.9 Å². The molecule has 4 N–H and O–H groups in total. The highest BCUT2D eigenvalue weighted by Gasteiger charge is 2.36. The second kappa shape index (κ2) is 10.6. The maximum atomic E-state index is 12.6. The van der Waals surface area contributed by atoms with Crippen LogP contribution in [0.25, 0.3) is 0 Å². The Balaban J connectivity index is 1.56. The predicted molar refractivity (Wildman–Crippen MR) is 132 cm³/mol. The Morgan fingerprint density at radius 1 is 1.22 bits per heavy atom. The van der Waals surface area contributed by atoms with Gasteiger partial charge in [0.1, 0.15) is 6.17 Å². The number of ketones is 1. The zero-order valence-electron chi connectivity index (χ0n) is 18.1. The minimum absolute atomic E-state index is 0.0720. The number of nitrogens with one attached hydrogen (secondary N) is 4. The van der Waals surface area contributed by atoms with Gasteiger partial charge in [-0.15, -0.1) is 0 Å². The van der Waals surface area contributed by atoms with Crippen molar-refractivity contribution in [1.29, 1.82) is 0 Å². The van der Waals surface area contributed by atoms with Gasteiger partial charge in [-0.25, -0.2) is 0 Å². The van der Waals surface area contributed by atoms with Crippen molar-refractivity contribution in [2.45, 2.75) is 62.3 Å². The van der Waals surface area contributed by atoms with E-state index in [4.69, 9.17) is 47.0 Å². The fourth-order valence-corrected chi connectivity index (χ4v) is 4.57. The molecule has 176 valence electrons. The number of alkyl halides is 3. The van der Waals surface area contributed by atoms with E-state index in [0.29, 0.717) is 13.0 Å². The summed E-state index contributed by atoms with van der Waals surface area (Å²) in [6.45, 7) is 4.41. The number of carbonyl (C=O) groups excluding carboxylic acids is 2. The number of nitrogens with zero attached hydrogens (tertiary/aromatic N) is 1. The zero-order chi connectivity index (χ0) is 23.5. The summed E-state index contributed by atoms with van der Waals surface area (Å²) in [5.74, 6) is -0.151. The van der Waals surface area contributed by atoms with Crippen molar-refractivity contribution in [3.63, 3.8) is 0 Å². The van der Waals surface area contributed by atoms with Crippen molar-refractivity contribution < 1.29 is 9.59 Å². The molecule has 1 fully saturated rings. The number of amides is 1. The molecule has 32 heavy (non-hydrogen) atoms. The number of hydrogen-bond donors (Lipinski definition) is 4. The lowest BCUT2D eigenvalue weighted by Crippen LogP contribution is -2.58. The van der Waals surface area contributed by atoms with E-state index in [-0.39, 0.29) is 22.7 Å². The Hall–Kier alpha value is -1.48. The smallest absolute Gasteiger partial charge is 0.228 e. The van der Waals surface area contributed by atoms with Crippen LogP contribution in [0.2, 0.25) is 0 Å². The van der Waals surface area contributed by atoms with Gasteiger partial charge in [0, 0.05) is 24.6 Å². The highest BCUT2D eigenvalue weighted by molar-refractivity contribution is 7.80. The number of hydrazine groups is 1. The van der Waals surface area contributed by atoms with Crippen LogP contribution in [-0.4, -0.2) is 38.3 Å². The van der Waals surface area contributed by atoms with Gasteiger partial charge >= 0.3 is 0 Å². The maximum absolute atomic E-state index is 12.6. The maximum Gasteiger partial charge on any atom is 0.228 e. The fraction of sp³-hybridized carbons (Fsp3) is 0.571. The van der Waals surface area contributed by atoms with E-state index in [1.54, 1.807) is 12.3 Å². The zero-order valence-corrected chi connectivity index (χ0v) is 21.1. The molecule has 3 rings (SSSR count). The number of allylic oxidation sites excluding steroid dienone is 3. The Bertz CT molecular complexity index is 875. The van der Waals surface area contributed by atoms with Gasteiger partial charge in [-0.1, -0.05) is 59.6 Å². The highest BCUT2D eigenvalue weighted by atomic mass is 35.6. The molecule has 1 saturated carbocycles. The number of thiocarbonyl (C=S) groups is 1. The average Bonchev–Trinajstić information content (AvgIpc) is 3.18. The first-order valence-corrected chi connectivity index (χ1v) is 12.2. The van der Waals surface area contributed by atoms with Crippen LogP contribution in [-0.2, 0) is 9.59 Å². The molecule has 7 nitrogen and oxygen atoms in total. The second-order valence-corrected chi connectivity index (χ2v) is 11.2. The van der Waals surface area contributed by atoms with Crippen LogP contribution in [0.5, 0.6) is 0 Å². The first-order valence-electron chi connectivity index (χ1n) is 10.6. The van der Waals surface area contributed by atoms with Crippen molar-refractivity contribution >= 4 is 63.8 Å². The largest absolute Gasteiger partial charge is 0.339 e. The molecule has 11 heteroatoms. The molecule has 1 aliphatic heterocycles. The van der Waals surface area contributed by atoms with Gasteiger partial charge in [-0.2, -0.15) is 0 Å². The van der Waals surface area contributed by atoms with Crippen LogP contribution >= 0.6 is 47.0 Å². The molecule has 0 bridgehead atoms. The lowest BCUT2D eigenvalue weighted by molar-refractivity contribution is -0.126. The number of rotatable bonds is 5. The van der Waals surface area contributed by atoms with E-state index in [0.717, 1.165) is 54.6 Å². The summed E-state index contributed by atoms with van der Waals surface area (Å²) in [6, 6.07) is 0. The topological polar surface area (TPSA) is 85.5 Å². The van der Waals surface area contributed by atoms with Crippen molar-refractivity contribution in [1.82, 2.24) is 26.4 Å². The first-order chi connectivity index (χ1) is 15.0. The van der Waals surface area contributed by atoms with E-state index in [1.807, 2.05) is 18.9 Å². The standard InChI is InChI=1S/C21H28Cl3N5O2S/c1-12-8-16(30)9-17(13(12)2)29-11-15(10-25-29)26-20(32)28-19(21(22,23)24)27-18(31)14-6-4-3-5-7-14/h9-10,14,19,25H,3-8,11H2,1-2H3,(H,27,31)(H2,26,28,32). The quantitative estimate of drug-likeness (QED) is 0.250. The third kappa shape index (κ3) is 6.53. The van der Waals surface area contributed by atoms with E-state index < -0.39 is 9.96 Å². The molecule has 1 atom stereocenters. The van der Waals surface area contributed by atoms with Crippen LogP contribution in [0, 0.1) is 5.92 Å². The molecule has 2 aliphatic carbocycles. The Morgan fingerprint density at radius 3 is 2.56 bits per heavy atom. The van der Waals surface area contributed by atoms with Crippen LogP contribution in [0.3, 0.4) is 0 Å². The van der Waals surface area contributed by atoms with E-state index in [1.165, 1.54) is 0 Å². The minimum atomic E-state index is -1.79. The lowest BCUT2D eigenvalue weighted by Gasteiger charge is -2.30. The summed E-state index contributed by atoms with van der Waals surface area (Å²) in [4.78, 5) is 24.6. The molecule has 1 heterocycles. The van der Waals surface area contributed by atoms with Crippen molar-refractivity contribution in [2.75, 3.05) is 6.54 Å². The fourth-order valence-electron chi connectivity index (χ4n) is 3.99. The summed E-state index contributed by atoms with van der Waals surface area (Å²) in [7, 11) is 0. The summed E-state index contributed by atoms with van der Waals surface area (Å²) in [5, 5.41) is 10.8. The van der Waals surface area contributed by atoms with E-state index >= 15 is 0 Å². The molecular weight excluding hydrogens is 493 g/mol. The van der Waals surface area contributed by atoms with Crippen LogP contribution in [0.4, 0.5) is 0 Å². The second-order valence-electron chi connectivity index (χ2n) is 8.38. The van der Waals surface area contributed by atoms with Crippen molar-refractivity contribution in [3.8, 4) is 0 Å². The summed E-state index contributed by atoms with van der Waals surface area (Å²) < 4.78 is -1.79. The molecule has 1 unspecified atom stereocenters. The SMILES string of the molecule is CC1=C(C)C(N2CC(NC(=S)NC(NC(=O)C3CCCCC3)C(Cl)(Cl)Cl)=CN2)=CC(=O)C1. The third-order valence-electron chi connectivity index (χ3n) is 5.91. The molecule has 1 amide bonds. The molecule has 0 saturated heterocycles. The monoisotopic (exact) mass is 519 g/mol. The Morgan fingerprint density at radius 2 is 1.91 bits per heavy atom. The minimum Gasteiger partial charge on any atom is -0.339 e. The van der Waals surface area contributed by atoms with Gasteiger partial charge in [0.2, 0.25) is 9.70 Å². The number of halogens is 3. The van der Waals surface area contributed by atoms with Crippen molar-refractivity contribution in [2.24, 2.45) is 5.92 Å². The third-order valence-corrected chi connectivity index (χ3v) is 6.79. The normalized spacial score (nSPS) is 20.9. The summed E-state index contributed by atoms with van der Waals surface area (Å²) in [6.07, 6.45) is 7.71. The molecular formula is C21H28Cl3N5O2S. The molecule has 0 aromatic rings. The average molecular weight is 521 g/mol. The lowest BCUT2D eigenvalue weighted by atomic mass is 9.88. The van der Waals surface area contributed by atoms with Gasteiger partial charge < -0.3 is 21.4 Å². The van der Waals surface area contributed by atoms with Gasteiger partial charge in [-0.05, 0) is 44.5 Å². The van der Waals surface area contributed by atoms with E-state index in [2.05, 4.69) is 21.4 Å². The summed E-state index contributed by atoms with van der Waals surface area (Å²) >= 11 is 23.7. The summed E-state index contributed by atoms with van der Waals surface area (Å²) in [5.41, 5.74) is 6.82. The molecule has 3 aliphatic rings. The molecule has 0 radical (unpaired) electrons. The predicted octanol–water partition coefficient (Wildman–Crippen LogP) is 3.70. The van der Waals surface area contributed by atoms with Crippen LogP contribution in [0.15, 0.2) is 34.8 Å². The first kappa shape index (κ1) is 25.1. The van der Waals surface area contributed by atoms with Gasteiger partial charge in [0.25, 0.3) is 0 Å². The number of carbonyl (C=O) groups is 2. The van der Waals surface area contributed by atoms with Gasteiger partial charge in [-0.3, -0.25) is 14.6 Å². The highest BCUT2D eigenvalue weighted by Crippen LogP contribution is 2.31. The van der Waals surface area contributed by atoms with E-state index in [9.17, 15) is 9.59 Å². The molecule has 0 aromatic heterocycles. The molecule has 0 aromatic carbocycles. The Labute approximate surface area is 208 Å². The molecule has 0 spiro atoms. The Kier molecular flexibility index (Phi) is 8.36. The van der Waals surface area contributed by atoms with Crippen LogP contribution in [0.1, 0.15) is 52.4 Å².